The van der Waals surface area contributed by atoms with Crippen molar-refractivity contribution in [3.8, 4) is 0 Å². The summed E-state index contributed by atoms with van der Waals surface area (Å²) in [5, 5.41) is 3.40. The Kier molecular flexibility index (Phi) is 7.19. The first-order valence-electron chi connectivity index (χ1n) is 14.3. The molecule has 0 unspecified atom stereocenters. The van der Waals surface area contributed by atoms with E-state index in [9.17, 15) is 36.3 Å². The standard InChI is InChI=1S/C32H20BrF7N4O3/c33-24-10-18(44-29(46)20-3-1-2-4-21(20)30(44)47)12-41-26(24)15(5-14-6-16(34)9-17(35)7-14)8-19(45)13-43-28-25(27(42-43)32(38,39)40)22-11-23(22)31(28,36)37/h1-4,6-7,9-10,12,15,22-23H,5,8,11,13H2/t15-,22+,23-/m1/s1. The molecule has 0 bridgehead atoms. The number of alkyl halides is 5. The molecule has 47 heavy (non-hydrogen) atoms. The second kappa shape index (κ2) is 10.8. The highest BCUT2D eigenvalue weighted by Crippen LogP contribution is 2.68. The predicted molar refractivity (Wildman–Crippen MR) is 154 cm³/mol. The lowest BCUT2D eigenvalue weighted by atomic mass is 9.90. The van der Waals surface area contributed by atoms with Gasteiger partial charge in [0.1, 0.15) is 23.9 Å². The third-order valence-electron chi connectivity index (χ3n) is 8.70. The van der Waals surface area contributed by atoms with Crippen LogP contribution in [-0.4, -0.2) is 32.4 Å². The zero-order valence-electron chi connectivity index (χ0n) is 23.8. The highest BCUT2D eigenvalue weighted by atomic mass is 79.9. The SMILES string of the molecule is O=C(C[C@@H](Cc1cc(F)cc(F)c1)c1ncc(N2C(=O)c3ccccc3C2=O)cc1Br)Cn1nc(C(F)(F)F)c2c1C(F)(F)[C@@H]1C[C@H]21. The lowest BCUT2D eigenvalue weighted by molar-refractivity contribution is -0.142. The van der Waals surface area contributed by atoms with Gasteiger partial charge in [-0.3, -0.25) is 24.0 Å². The Bertz CT molecular complexity index is 1960. The number of benzene rings is 2. The van der Waals surface area contributed by atoms with Crippen molar-refractivity contribution < 1.29 is 45.1 Å². The van der Waals surface area contributed by atoms with Crippen LogP contribution < -0.4 is 4.90 Å². The van der Waals surface area contributed by atoms with Gasteiger partial charge in [-0.15, -0.1) is 0 Å². The molecule has 7 rings (SSSR count). The molecule has 0 radical (unpaired) electrons. The molecule has 3 aliphatic rings. The van der Waals surface area contributed by atoms with E-state index in [-0.39, 0.29) is 45.4 Å². The van der Waals surface area contributed by atoms with Crippen LogP contribution in [0, 0.1) is 17.6 Å². The van der Waals surface area contributed by atoms with E-state index in [4.69, 9.17) is 0 Å². The molecule has 3 heterocycles. The number of rotatable bonds is 8. The third-order valence-corrected chi connectivity index (χ3v) is 9.33. The van der Waals surface area contributed by atoms with Gasteiger partial charge in [-0.2, -0.15) is 27.1 Å². The Morgan fingerprint density at radius 2 is 1.66 bits per heavy atom. The molecule has 4 aromatic rings. The van der Waals surface area contributed by atoms with Crippen LogP contribution in [0.5, 0.6) is 0 Å². The summed E-state index contributed by atoms with van der Waals surface area (Å²) in [4.78, 5) is 44.7. The normalized spacial score (nSPS) is 19.9. The highest BCUT2D eigenvalue weighted by molar-refractivity contribution is 9.10. The maximum absolute atomic E-state index is 15.1. The fourth-order valence-corrected chi connectivity index (χ4v) is 7.32. The van der Waals surface area contributed by atoms with Gasteiger partial charge < -0.3 is 0 Å². The van der Waals surface area contributed by atoms with Crippen LogP contribution in [0.15, 0.2) is 59.2 Å². The number of halogens is 8. The minimum absolute atomic E-state index is 0.0845. The van der Waals surface area contributed by atoms with Crippen molar-refractivity contribution in [3.63, 3.8) is 0 Å². The molecule has 0 spiro atoms. The van der Waals surface area contributed by atoms with E-state index in [2.05, 4.69) is 26.0 Å². The smallest absolute Gasteiger partial charge is 0.298 e. The van der Waals surface area contributed by atoms with E-state index in [1.54, 1.807) is 12.1 Å². The van der Waals surface area contributed by atoms with Crippen molar-refractivity contribution in [2.24, 2.45) is 5.92 Å². The minimum Gasteiger partial charge on any atom is -0.298 e. The van der Waals surface area contributed by atoms with Gasteiger partial charge in [0.2, 0.25) is 0 Å². The summed E-state index contributed by atoms with van der Waals surface area (Å²) in [6, 6.07) is 10.3. The molecule has 2 amide bonds. The average Bonchev–Trinajstić information content (AvgIpc) is 3.56. The molecule has 1 fully saturated rings. The van der Waals surface area contributed by atoms with Crippen molar-refractivity contribution in [1.29, 1.82) is 0 Å². The molecule has 2 aliphatic carbocycles. The molecule has 7 nitrogen and oxygen atoms in total. The monoisotopic (exact) mass is 720 g/mol. The fraction of sp³-hybridized carbons (Fsp3) is 0.281. The summed E-state index contributed by atoms with van der Waals surface area (Å²) < 4.78 is 100. The van der Waals surface area contributed by atoms with E-state index in [0.717, 1.165) is 17.0 Å². The second-order valence-corrected chi connectivity index (χ2v) is 12.7. The predicted octanol–water partition coefficient (Wildman–Crippen LogP) is 7.33. The number of imide groups is 1. The number of hydrogen-bond donors (Lipinski definition) is 0. The van der Waals surface area contributed by atoms with Crippen LogP contribution in [0.2, 0.25) is 0 Å². The van der Waals surface area contributed by atoms with Crippen LogP contribution in [0.1, 0.15) is 73.6 Å². The third kappa shape index (κ3) is 5.24. The summed E-state index contributed by atoms with van der Waals surface area (Å²) >= 11 is 3.35. The number of nitrogens with zero attached hydrogens (tertiary/aromatic N) is 4. The minimum atomic E-state index is -5.01. The van der Waals surface area contributed by atoms with E-state index in [1.807, 2.05) is 0 Å². The number of ketones is 1. The van der Waals surface area contributed by atoms with Crippen molar-refractivity contribution in [3.05, 3.63) is 110 Å². The van der Waals surface area contributed by atoms with Gasteiger partial charge in [-0.25, -0.2) is 13.7 Å². The van der Waals surface area contributed by atoms with E-state index in [0.29, 0.717) is 10.7 Å². The van der Waals surface area contributed by atoms with Crippen molar-refractivity contribution in [2.45, 2.75) is 49.7 Å². The fourth-order valence-electron chi connectivity index (χ4n) is 6.66. The number of anilines is 1. The van der Waals surface area contributed by atoms with Gasteiger partial charge in [0.25, 0.3) is 17.7 Å². The van der Waals surface area contributed by atoms with E-state index in [1.165, 1.54) is 24.4 Å². The molecule has 1 aliphatic heterocycles. The number of amides is 2. The zero-order valence-corrected chi connectivity index (χ0v) is 25.4. The quantitative estimate of drug-likeness (QED) is 0.141. The van der Waals surface area contributed by atoms with E-state index >= 15 is 8.78 Å². The van der Waals surface area contributed by atoms with Gasteiger partial charge in [0.15, 0.2) is 11.5 Å². The van der Waals surface area contributed by atoms with Gasteiger partial charge in [-0.05, 0) is 70.6 Å². The number of Topliss-reactive ketones (excluding diaryl/α,β-unsaturated/α-hetero) is 1. The Labute approximate surface area is 269 Å². The molecule has 2 aromatic carbocycles. The van der Waals surface area contributed by atoms with Crippen LogP contribution in [0.25, 0.3) is 0 Å². The molecule has 0 saturated heterocycles. The number of aromatic nitrogens is 3. The summed E-state index contributed by atoms with van der Waals surface area (Å²) in [7, 11) is 0. The number of hydrogen-bond acceptors (Lipinski definition) is 5. The lowest BCUT2D eigenvalue weighted by Crippen LogP contribution is -2.29. The average molecular weight is 721 g/mol. The topological polar surface area (TPSA) is 85.2 Å². The van der Waals surface area contributed by atoms with Gasteiger partial charge in [0.05, 0.1) is 28.7 Å². The largest absolute Gasteiger partial charge is 0.435 e. The lowest BCUT2D eigenvalue weighted by Gasteiger charge is -2.21. The van der Waals surface area contributed by atoms with Crippen molar-refractivity contribution >= 4 is 39.2 Å². The highest BCUT2D eigenvalue weighted by Gasteiger charge is 2.68. The number of carbonyl (C=O) groups excluding carboxylic acids is 3. The molecular formula is C32H20BrF7N4O3. The maximum atomic E-state index is 15.1. The summed E-state index contributed by atoms with van der Waals surface area (Å²) in [6.07, 6.45) is -4.60. The van der Waals surface area contributed by atoms with Crippen LogP contribution in [-0.2, 0) is 29.9 Å². The van der Waals surface area contributed by atoms with Gasteiger partial charge in [-0.1, -0.05) is 12.1 Å². The summed E-state index contributed by atoms with van der Waals surface area (Å²) in [5.41, 5.74) is -2.22. The summed E-state index contributed by atoms with van der Waals surface area (Å²) in [6.45, 7) is -0.911. The van der Waals surface area contributed by atoms with E-state index < -0.39 is 89.0 Å². The molecule has 3 atom stereocenters. The van der Waals surface area contributed by atoms with Crippen LogP contribution >= 0.6 is 15.9 Å². The molecule has 2 aromatic heterocycles. The van der Waals surface area contributed by atoms with Gasteiger partial charge >= 0.3 is 6.18 Å². The number of carbonyl (C=O) groups is 3. The first kappa shape index (κ1) is 31.2. The number of fused-ring (bicyclic) bond motifs is 4. The van der Waals surface area contributed by atoms with Crippen LogP contribution in [0.3, 0.4) is 0 Å². The first-order valence-corrected chi connectivity index (χ1v) is 15.1. The molecular weight excluding hydrogens is 701 g/mol. The Morgan fingerprint density at radius 1 is 1.02 bits per heavy atom. The van der Waals surface area contributed by atoms with Crippen LogP contribution in [0.4, 0.5) is 36.4 Å². The Balaban J connectivity index is 1.21. The second-order valence-electron chi connectivity index (χ2n) is 11.8. The Hall–Kier alpha value is -4.40. The van der Waals surface area contributed by atoms with Crippen molar-refractivity contribution in [2.75, 3.05) is 4.90 Å². The molecule has 1 saturated carbocycles. The Morgan fingerprint density at radius 3 is 2.26 bits per heavy atom. The van der Waals surface area contributed by atoms with Gasteiger partial charge in [0, 0.05) is 34.4 Å². The molecule has 0 N–H and O–H groups in total. The zero-order chi connectivity index (χ0) is 33.6. The summed E-state index contributed by atoms with van der Waals surface area (Å²) in [5.74, 6) is -10.6. The first-order chi connectivity index (χ1) is 22.1. The molecule has 242 valence electrons. The van der Waals surface area contributed by atoms with Crippen molar-refractivity contribution in [1.82, 2.24) is 14.8 Å². The molecule has 15 heteroatoms. The number of pyridine rings is 1. The maximum Gasteiger partial charge on any atom is 0.435 e.